The lowest BCUT2D eigenvalue weighted by molar-refractivity contribution is 0.0939. The topological polar surface area (TPSA) is 17.1 Å². The van der Waals surface area contributed by atoms with Crippen molar-refractivity contribution in [3.8, 4) is 11.1 Å². The van der Waals surface area contributed by atoms with Gasteiger partial charge in [0.2, 0.25) is 0 Å². The maximum atomic E-state index is 12.2. The molecule has 0 aliphatic heterocycles. The first-order chi connectivity index (χ1) is 9.40. The van der Waals surface area contributed by atoms with Gasteiger partial charge in [-0.3, -0.25) is 4.79 Å². The molecule has 0 amide bonds. The van der Waals surface area contributed by atoms with Gasteiger partial charge < -0.3 is 0 Å². The molecule has 0 radical (unpaired) electrons. The zero-order valence-corrected chi connectivity index (χ0v) is 12.9. The highest BCUT2D eigenvalue weighted by Crippen LogP contribution is 2.29. The standard InChI is InChI=1S/C19H22O/c1-12(2)19(20)16-9-8-15(5)18(11-16)17-10-13(3)6-7-14(17)4/h6-12H,1-5H3. The fraction of sp³-hybridized carbons (Fsp3) is 0.316. The van der Waals surface area contributed by atoms with Crippen molar-refractivity contribution in [2.75, 3.05) is 0 Å². The number of ketones is 1. The molecule has 2 aromatic rings. The first kappa shape index (κ1) is 14.5. The van der Waals surface area contributed by atoms with Gasteiger partial charge in [0, 0.05) is 11.5 Å². The normalized spacial score (nSPS) is 10.9. The summed E-state index contributed by atoms with van der Waals surface area (Å²) in [7, 11) is 0. The molecule has 1 heteroatoms. The second-order valence-corrected chi connectivity index (χ2v) is 5.87. The molecule has 20 heavy (non-hydrogen) atoms. The highest BCUT2D eigenvalue weighted by Gasteiger charge is 2.13. The van der Waals surface area contributed by atoms with E-state index >= 15 is 0 Å². The first-order valence-electron chi connectivity index (χ1n) is 7.12. The van der Waals surface area contributed by atoms with E-state index in [9.17, 15) is 4.79 Å². The van der Waals surface area contributed by atoms with E-state index in [1.165, 1.54) is 22.3 Å². The fourth-order valence-electron chi connectivity index (χ4n) is 2.42. The number of hydrogen-bond donors (Lipinski definition) is 0. The summed E-state index contributed by atoms with van der Waals surface area (Å²) in [5.74, 6) is 0.237. The third kappa shape index (κ3) is 2.82. The Balaban J connectivity index is 2.59. The van der Waals surface area contributed by atoms with Gasteiger partial charge in [0.25, 0.3) is 0 Å². The van der Waals surface area contributed by atoms with E-state index in [1.807, 2.05) is 32.0 Å². The molecule has 0 saturated carbocycles. The van der Waals surface area contributed by atoms with E-state index in [0.29, 0.717) is 0 Å². The van der Waals surface area contributed by atoms with Crippen LogP contribution >= 0.6 is 0 Å². The Hall–Kier alpha value is -1.89. The van der Waals surface area contributed by atoms with Gasteiger partial charge in [-0.25, -0.2) is 0 Å². The summed E-state index contributed by atoms with van der Waals surface area (Å²) in [4.78, 5) is 12.2. The molecule has 0 fully saturated rings. The van der Waals surface area contributed by atoms with Crippen LogP contribution in [0.1, 0.15) is 40.9 Å². The summed E-state index contributed by atoms with van der Waals surface area (Å²) in [5.41, 5.74) is 6.89. The molecular formula is C19H22O. The van der Waals surface area contributed by atoms with Gasteiger partial charge >= 0.3 is 0 Å². The van der Waals surface area contributed by atoms with Crippen LogP contribution < -0.4 is 0 Å². The quantitative estimate of drug-likeness (QED) is 0.705. The minimum Gasteiger partial charge on any atom is -0.294 e. The molecule has 0 heterocycles. The molecule has 0 N–H and O–H groups in total. The van der Waals surface area contributed by atoms with Gasteiger partial charge in [-0.1, -0.05) is 49.7 Å². The van der Waals surface area contributed by atoms with Gasteiger partial charge in [-0.15, -0.1) is 0 Å². The van der Waals surface area contributed by atoms with Gasteiger partial charge in [0.1, 0.15) is 0 Å². The van der Waals surface area contributed by atoms with Gasteiger partial charge in [0.15, 0.2) is 5.78 Å². The first-order valence-corrected chi connectivity index (χ1v) is 7.12. The third-order valence-electron chi connectivity index (χ3n) is 3.73. The van der Waals surface area contributed by atoms with E-state index in [-0.39, 0.29) is 11.7 Å². The third-order valence-corrected chi connectivity index (χ3v) is 3.73. The molecule has 0 atom stereocenters. The number of rotatable bonds is 3. The predicted molar refractivity (Wildman–Crippen MR) is 85.3 cm³/mol. The summed E-state index contributed by atoms with van der Waals surface area (Å²) >= 11 is 0. The molecule has 2 rings (SSSR count). The molecule has 0 spiro atoms. The van der Waals surface area contributed by atoms with Crippen LogP contribution in [0.3, 0.4) is 0 Å². The Morgan fingerprint density at radius 1 is 0.850 bits per heavy atom. The van der Waals surface area contributed by atoms with Crippen molar-refractivity contribution in [2.45, 2.75) is 34.6 Å². The summed E-state index contributed by atoms with van der Waals surface area (Å²) in [5, 5.41) is 0. The van der Waals surface area contributed by atoms with Crippen molar-refractivity contribution < 1.29 is 4.79 Å². The molecule has 0 aliphatic carbocycles. The zero-order valence-electron chi connectivity index (χ0n) is 12.9. The SMILES string of the molecule is Cc1ccc(C)c(-c2cc(C(=O)C(C)C)ccc2C)c1. The molecule has 104 valence electrons. The summed E-state index contributed by atoms with van der Waals surface area (Å²) in [6, 6.07) is 12.5. The largest absolute Gasteiger partial charge is 0.294 e. The van der Waals surface area contributed by atoms with Crippen LogP contribution in [0.4, 0.5) is 0 Å². The highest BCUT2D eigenvalue weighted by atomic mass is 16.1. The van der Waals surface area contributed by atoms with E-state index in [0.717, 1.165) is 11.1 Å². The lowest BCUT2D eigenvalue weighted by Crippen LogP contribution is -2.07. The van der Waals surface area contributed by atoms with E-state index in [4.69, 9.17) is 0 Å². The number of carbonyl (C=O) groups excluding carboxylic acids is 1. The van der Waals surface area contributed by atoms with E-state index < -0.39 is 0 Å². The monoisotopic (exact) mass is 266 g/mol. The summed E-state index contributed by atoms with van der Waals surface area (Å²) in [6.07, 6.45) is 0. The predicted octanol–water partition coefficient (Wildman–Crippen LogP) is 5.12. The maximum Gasteiger partial charge on any atom is 0.165 e. The maximum absolute atomic E-state index is 12.2. The lowest BCUT2D eigenvalue weighted by atomic mass is 9.91. The number of aryl methyl sites for hydroxylation is 3. The van der Waals surface area contributed by atoms with Gasteiger partial charge in [-0.05, 0) is 49.1 Å². The molecule has 0 aliphatic rings. The lowest BCUT2D eigenvalue weighted by Gasteiger charge is -2.13. The van der Waals surface area contributed by atoms with Crippen molar-refractivity contribution in [1.29, 1.82) is 0 Å². The Labute approximate surface area is 121 Å². The van der Waals surface area contributed by atoms with Crippen LogP contribution in [0.25, 0.3) is 11.1 Å². The zero-order chi connectivity index (χ0) is 14.9. The summed E-state index contributed by atoms with van der Waals surface area (Å²) in [6.45, 7) is 10.2. The highest BCUT2D eigenvalue weighted by molar-refractivity contribution is 5.98. The van der Waals surface area contributed by atoms with Crippen molar-refractivity contribution in [3.63, 3.8) is 0 Å². The van der Waals surface area contributed by atoms with Crippen LogP contribution in [0.2, 0.25) is 0 Å². The fourth-order valence-corrected chi connectivity index (χ4v) is 2.42. The smallest absolute Gasteiger partial charge is 0.165 e. The van der Waals surface area contributed by atoms with Crippen LogP contribution in [0.5, 0.6) is 0 Å². The Morgan fingerprint density at radius 3 is 2.00 bits per heavy atom. The Morgan fingerprint density at radius 2 is 1.40 bits per heavy atom. The molecule has 0 bridgehead atoms. The van der Waals surface area contributed by atoms with Crippen LogP contribution in [0, 0.1) is 26.7 Å². The second-order valence-electron chi connectivity index (χ2n) is 5.87. The minimum absolute atomic E-state index is 0.0316. The second kappa shape index (κ2) is 5.62. The minimum atomic E-state index is 0.0316. The number of hydrogen-bond acceptors (Lipinski definition) is 1. The van der Waals surface area contributed by atoms with Gasteiger partial charge in [-0.2, -0.15) is 0 Å². The van der Waals surface area contributed by atoms with Crippen molar-refractivity contribution in [2.24, 2.45) is 5.92 Å². The van der Waals surface area contributed by atoms with Crippen molar-refractivity contribution in [3.05, 3.63) is 58.7 Å². The molecular weight excluding hydrogens is 244 g/mol. The average molecular weight is 266 g/mol. The summed E-state index contributed by atoms with van der Waals surface area (Å²) < 4.78 is 0. The Kier molecular flexibility index (Phi) is 4.08. The number of carbonyl (C=O) groups is 1. The molecule has 0 unspecified atom stereocenters. The molecule has 0 saturated heterocycles. The van der Waals surface area contributed by atoms with Gasteiger partial charge in [0.05, 0.1) is 0 Å². The van der Waals surface area contributed by atoms with Crippen molar-refractivity contribution in [1.82, 2.24) is 0 Å². The Bertz CT molecular complexity index is 651. The van der Waals surface area contributed by atoms with Crippen molar-refractivity contribution >= 4 is 5.78 Å². The van der Waals surface area contributed by atoms with Crippen LogP contribution in [0.15, 0.2) is 36.4 Å². The molecule has 1 nitrogen and oxygen atoms in total. The number of benzene rings is 2. The molecule has 0 aromatic heterocycles. The average Bonchev–Trinajstić information content (AvgIpc) is 2.41. The van der Waals surface area contributed by atoms with Crippen LogP contribution in [-0.2, 0) is 0 Å². The number of Topliss-reactive ketones (excluding diaryl/α,β-unsaturated/α-hetero) is 1. The van der Waals surface area contributed by atoms with E-state index in [2.05, 4.69) is 39.0 Å². The van der Waals surface area contributed by atoms with E-state index in [1.54, 1.807) is 0 Å². The van der Waals surface area contributed by atoms with Crippen LogP contribution in [-0.4, -0.2) is 5.78 Å². The molecule has 2 aromatic carbocycles.